The second-order valence-electron chi connectivity index (χ2n) is 6.88. The van der Waals surface area contributed by atoms with Crippen molar-refractivity contribution in [3.8, 4) is 22.4 Å². The van der Waals surface area contributed by atoms with Crippen molar-refractivity contribution in [3.63, 3.8) is 0 Å². The first kappa shape index (κ1) is 20.0. The molecular weight excluding hydrogens is 400 g/mol. The Kier molecular flexibility index (Phi) is 5.48. The first-order valence-electron chi connectivity index (χ1n) is 9.54. The van der Waals surface area contributed by atoms with Gasteiger partial charge in [-0.05, 0) is 31.2 Å². The Bertz CT molecular complexity index is 1300. The Labute approximate surface area is 178 Å². The molecule has 0 aliphatic rings. The molecule has 0 atom stereocenters. The molecule has 0 bridgehead atoms. The SMILES string of the molecule is CNc1ncc2cc(-c3ccc(-c4cccc(C)n4)cc3Cl)c(=O)n(CCN)c2n1. The molecule has 4 aromatic rings. The number of nitrogens with zero attached hydrogens (tertiary/aromatic N) is 4. The molecule has 8 heteroatoms. The van der Waals surface area contributed by atoms with Gasteiger partial charge < -0.3 is 11.1 Å². The maximum absolute atomic E-state index is 13.3. The van der Waals surface area contributed by atoms with Crippen molar-refractivity contribution < 1.29 is 0 Å². The molecule has 30 heavy (non-hydrogen) atoms. The summed E-state index contributed by atoms with van der Waals surface area (Å²) in [7, 11) is 1.73. The van der Waals surface area contributed by atoms with Gasteiger partial charge in [0.1, 0.15) is 5.65 Å². The number of benzene rings is 1. The van der Waals surface area contributed by atoms with Crippen molar-refractivity contribution >= 4 is 28.6 Å². The van der Waals surface area contributed by atoms with Crippen LogP contribution in [0.5, 0.6) is 0 Å². The summed E-state index contributed by atoms with van der Waals surface area (Å²) in [5, 5.41) is 4.10. The summed E-state index contributed by atoms with van der Waals surface area (Å²) >= 11 is 6.61. The van der Waals surface area contributed by atoms with Crippen LogP contribution in [0.1, 0.15) is 5.69 Å². The molecule has 0 aliphatic heterocycles. The van der Waals surface area contributed by atoms with E-state index in [1.54, 1.807) is 23.9 Å². The molecule has 1 aromatic carbocycles. The maximum atomic E-state index is 13.3. The Morgan fingerprint density at radius 3 is 2.67 bits per heavy atom. The zero-order valence-electron chi connectivity index (χ0n) is 16.7. The van der Waals surface area contributed by atoms with E-state index in [4.69, 9.17) is 17.3 Å². The molecule has 0 unspecified atom stereocenters. The lowest BCUT2D eigenvalue weighted by Gasteiger charge is -2.13. The normalized spacial score (nSPS) is 11.1. The zero-order chi connectivity index (χ0) is 21.3. The minimum Gasteiger partial charge on any atom is -0.357 e. The summed E-state index contributed by atoms with van der Waals surface area (Å²) in [5.74, 6) is 0.438. The first-order valence-corrected chi connectivity index (χ1v) is 9.92. The fourth-order valence-corrected chi connectivity index (χ4v) is 3.69. The molecule has 3 N–H and O–H groups in total. The van der Waals surface area contributed by atoms with Crippen molar-refractivity contribution in [2.24, 2.45) is 5.73 Å². The molecule has 7 nitrogen and oxygen atoms in total. The van der Waals surface area contributed by atoms with Crippen molar-refractivity contribution in [2.45, 2.75) is 13.5 Å². The molecule has 0 saturated carbocycles. The largest absolute Gasteiger partial charge is 0.357 e. The average molecular weight is 421 g/mol. The summed E-state index contributed by atoms with van der Waals surface area (Å²) in [4.78, 5) is 26.5. The van der Waals surface area contributed by atoms with Crippen LogP contribution in [-0.2, 0) is 6.54 Å². The highest BCUT2D eigenvalue weighted by molar-refractivity contribution is 6.33. The Hall–Kier alpha value is -3.29. The van der Waals surface area contributed by atoms with Crippen LogP contribution in [0.15, 0.2) is 53.5 Å². The molecule has 0 amide bonds. The van der Waals surface area contributed by atoms with E-state index in [0.717, 1.165) is 22.3 Å². The molecule has 3 aromatic heterocycles. The lowest BCUT2D eigenvalue weighted by molar-refractivity contribution is 0.700. The molecule has 0 radical (unpaired) electrons. The van der Waals surface area contributed by atoms with Gasteiger partial charge in [-0.3, -0.25) is 14.3 Å². The van der Waals surface area contributed by atoms with Crippen LogP contribution in [0.4, 0.5) is 5.95 Å². The molecule has 4 rings (SSSR count). The third kappa shape index (κ3) is 3.65. The average Bonchev–Trinajstić information content (AvgIpc) is 2.75. The maximum Gasteiger partial charge on any atom is 0.260 e. The number of pyridine rings is 2. The van der Waals surface area contributed by atoms with E-state index >= 15 is 0 Å². The number of rotatable bonds is 5. The molecule has 0 aliphatic carbocycles. The number of nitrogens with one attached hydrogen (secondary N) is 1. The highest BCUT2D eigenvalue weighted by Crippen LogP contribution is 2.31. The van der Waals surface area contributed by atoms with Gasteiger partial charge in [0.25, 0.3) is 5.56 Å². The van der Waals surface area contributed by atoms with E-state index in [9.17, 15) is 4.79 Å². The topological polar surface area (TPSA) is 98.7 Å². The number of aryl methyl sites for hydroxylation is 1. The van der Waals surface area contributed by atoms with Crippen LogP contribution < -0.4 is 16.6 Å². The van der Waals surface area contributed by atoms with E-state index in [0.29, 0.717) is 40.8 Å². The smallest absolute Gasteiger partial charge is 0.260 e. The van der Waals surface area contributed by atoms with Crippen LogP contribution in [0, 0.1) is 6.92 Å². The third-order valence-corrected chi connectivity index (χ3v) is 5.16. The number of halogens is 1. The first-order chi connectivity index (χ1) is 14.5. The third-order valence-electron chi connectivity index (χ3n) is 4.85. The number of nitrogens with two attached hydrogens (primary N) is 1. The standard InChI is InChI=1S/C22H21ClN6O/c1-13-4-3-5-19(27-13)14-6-7-16(18(23)11-14)17-10-15-12-26-22(25-2)28-20(15)29(9-8-24)21(17)30/h3-7,10-12H,8-9,24H2,1-2H3,(H,25,26,28). The van der Waals surface area contributed by atoms with Crippen molar-refractivity contribution in [2.75, 3.05) is 18.9 Å². The van der Waals surface area contributed by atoms with Gasteiger partial charge in [0.15, 0.2) is 0 Å². The Morgan fingerprint density at radius 1 is 1.13 bits per heavy atom. The van der Waals surface area contributed by atoms with Crippen LogP contribution in [0.2, 0.25) is 5.02 Å². The minimum absolute atomic E-state index is 0.197. The van der Waals surface area contributed by atoms with Crippen molar-refractivity contribution in [1.82, 2.24) is 19.5 Å². The number of fused-ring (bicyclic) bond motifs is 1. The van der Waals surface area contributed by atoms with Crippen LogP contribution >= 0.6 is 11.6 Å². The second kappa shape index (κ2) is 8.22. The summed E-state index contributed by atoms with van der Waals surface area (Å²) < 4.78 is 1.57. The highest BCUT2D eigenvalue weighted by atomic mass is 35.5. The molecular formula is C22H21ClN6O. The fraction of sp³-hybridized carbons (Fsp3) is 0.182. The molecule has 152 valence electrons. The Balaban J connectivity index is 1.89. The van der Waals surface area contributed by atoms with Gasteiger partial charge in [-0.25, -0.2) is 4.98 Å². The summed E-state index contributed by atoms with van der Waals surface area (Å²) in [6.07, 6.45) is 1.68. The minimum atomic E-state index is -0.197. The van der Waals surface area contributed by atoms with Gasteiger partial charge in [0.2, 0.25) is 5.95 Å². The summed E-state index contributed by atoms with van der Waals surface area (Å²) in [5.41, 5.74) is 9.85. The summed E-state index contributed by atoms with van der Waals surface area (Å²) in [6.45, 7) is 2.59. The van der Waals surface area contributed by atoms with Crippen LogP contribution in [0.25, 0.3) is 33.4 Å². The van der Waals surface area contributed by atoms with Gasteiger partial charge in [-0.1, -0.05) is 29.8 Å². The summed E-state index contributed by atoms with van der Waals surface area (Å²) in [6, 6.07) is 13.2. The lowest BCUT2D eigenvalue weighted by atomic mass is 10.0. The number of hydrogen-bond donors (Lipinski definition) is 2. The monoisotopic (exact) mass is 420 g/mol. The van der Waals surface area contributed by atoms with Gasteiger partial charge in [0.05, 0.1) is 5.69 Å². The second-order valence-corrected chi connectivity index (χ2v) is 7.29. The van der Waals surface area contributed by atoms with Crippen LogP contribution in [0.3, 0.4) is 0 Å². The van der Waals surface area contributed by atoms with Crippen molar-refractivity contribution in [3.05, 3.63) is 69.7 Å². The van der Waals surface area contributed by atoms with Gasteiger partial charge >= 0.3 is 0 Å². The highest BCUT2D eigenvalue weighted by Gasteiger charge is 2.16. The number of hydrogen-bond acceptors (Lipinski definition) is 6. The van der Waals surface area contributed by atoms with E-state index in [1.807, 2.05) is 43.3 Å². The fourth-order valence-electron chi connectivity index (χ4n) is 3.41. The molecule has 0 spiro atoms. The number of aromatic nitrogens is 4. The van der Waals surface area contributed by atoms with E-state index in [1.165, 1.54) is 0 Å². The Morgan fingerprint density at radius 2 is 1.97 bits per heavy atom. The van der Waals surface area contributed by atoms with E-state index in [2.05, 4.69) is 20.3 Å². The van der Waals surface area contributed by atoms with E-state index < -0.39 is 0 Å². The van der Waals surface area contributed by atoms with Gasteiger partial charge in [-0.2, -0.15) is 4.98 Å². The van der Waals surface area contributed by atoms with Crippen molar-refractivity contribution in [1.29, 1.82) is 0 Å². The van der Waals surface area contributed by atoms with E-state index in [-0.39, 0.29) is 5.56 Å². The predicted octanol–water partition coefficient (Wildman–Crippen LogP) is 3.48. The number of anilines is 1. The molecule has 3 heterocycles. The predicted molar refractivity (Wildman–Crippen MR) is 121 cm³/mol. The van der Waals surface area contributed by atoms with Gasteiger partial charge in [0, 0.05) is 59.1 Å². The zero-order valence-corrected chi connectivity index (χ0v) is 17.4. The quantitative estimate of drug-likeness (QED) is 0.512. The molecule has 0 saturated heterocycles. The molecule has 0 fully saturated rings. The lowest BCUT2D eigenvalue weighted by Crippen LogP contribution is -2.26. The van der Waals surface area contributed by atoms with Crippen LogP contribution in [-0.4, -0.2) is 33.1 Å². The van der Waals surface area contributed by atoms with Gasteiger partial charge in [-0.15, -0.1) is 0 Å².